The zero-order chi connectivity index (χ0) is 15.0. The van der Waals surface area contributed by atoms with Gasteiger partial charge in [-0.1, -0.05) is 11.6 Å². The van der Waals surface area contributed by atoms with Gasteiger partial charge in [-0.2, -0.15) is 0 Å². The number of anilines is 1. The van der Waals surface area contributed by atoms with Gasteiger partial charge in [0, 0.05) is 24.5 Å². The summed E-state index contributed by atoms with van der Waals surface area (Å²) in [5.41, 5.74) is 11.0. The van der Waals surface area contributed by atoms with E-state index in [9.17, 15) is 0 Å². The molecule has 0 spiro atoms. The summed E-state index contributed by atoms with van der Waals surface area (Å²) in [6, 6.07) is 6.91. The second-order valence-corrected chi connectivity index (χ2v) is 6.50. The van der Waals surface area contributed by atoms with Crippen LogP contribution in [0.3, 0.4) is 0 Å². The van der Waals surface area contributed by atoms with Crippen molar-refractivity contribution in [3.63, 3.8) is 0 Å². The van der Waals surface area contributed by atoms with Crippen molar-refractivity contribution in [2.24, 2.45) is 5.73 Å². The molecule has 1 unspecified atom stereocenters. The number of rotatable bonds is 3. The topological polar surface area (TPSA) is 42.2 Å². The number of nitrogens with zero attached hydrogens (tertiary/aromatic N) is 2. The highest BCUT2D eigenvalue weighted by Crippen LogP contribution is 2.29. The van der Waals surface area contributed by atoms with Crippen molar-refractivity contribution in [3.05, 3.63) is 34.9 Å². The van der Waals surface area contributed by atoms with Crippen LogP contribution in [0.25, 0.3) is 10.9 Å². The molecule has 1 aromatic carbocycles. The molecule has 1 saturated heterocycles. The lowest BCUT2D eigenvalue weighted by Crippen LogP contribution is -2.24. The van der Waals surface area contributed by atoms with Gasteiger partial charge >= 0.3 is 0 Å². The molecule has 1 atom stereocenters. The average molecular weight is 283 g/mol. The van der Waals surface area contributed by atoms with E-state index in [0.29, 0.717) is 0 Å². The predicted molar refractivity (Wildman–Crippen MR) is 90.0 cm³/mol. The van der Waals surface area contributed by atoms with Crippen molar-refractivity contribution >= 4 is 16.7 Å². The number of aromatic nitrogens is 1. The molecule has 1 aliphatic rings. The first-order chi connectivity index (χ1) is 10.0. The Morgan fingerprint density at radius 2 is 1.90 bits per heavy atom. The minimum Gasteiger partial charge on any atom is -0.356 e. The fourth-order valence-electron chi connectivity index (χ4n) is 3.39. The smallest absolute Gasteiger partial charge is 0.132 e. The number of nitrogens with two attached hydrogens (primary N) is 1. The summed E-state index contributed by atoms with van der Waals surface area (Å²) >= 11 is 0. The molecule has 0 bridgehead atoms. The van der Waals surface area contributed by atoms with Crippen molar-refractivity contribution in [1.29, 1.82) is 0 Å². The standard InChI is InChI=1S/C18H25N3/c1-12-8-13(2)17-15(9-12)11-16(10-14(3)19)18(20-17)21-6-4-5-7-21/h8-9,11,14H,4-7,10,19H2,1-3H3. The normalized spacial score (nSPS) is 16.7. The summed E-state index contributed by atoms with van der Waals surface area (Å²) < 4.78 is 0. The van der Waals surface area contributed by atoms with Crippen LogP contribution < -0.4 is 10.6 Å². The summed E-state index contributed by atoms with van der Waals surface area (Å²) in [7, 11) is 0. The molecule has 2 aromatic rings. The lowest BCUT2D eigenvalue weighted by Gasteiger charge is -2.22. The van der Waals surface area contributed by atoms with Crippen LogP contribution in [0.4, 0.5) is 5.82 Å². The highest BCUT2D eigenvalue weighted by atomic mass is 15.2. The van der Waals surface area contributed by atoms with Gasteiger partial charge in [-0.05, 0) is 63.3 Å². The summed E-state index contributed by atoms with van der Waals surface area (Å²) in [4.78, 5) is 7.45. The van der Waals surface area contributed by atoms with Crippen LogP contribution in [-0.4, -0.2) is 24.1 Å². The van der Waals surface area contributed by atoms with Crippen molar-refractivity contribution < 1.29 is 0 Å². The highest BCUT2D eigenvalue weighted by Gasteiger charge is 2.19. The van der Waals surface area contributed by atoms with E-state index in [1.54, 1.807) is 0 Å². The number of hydrogen-bond acceptors (Lipinski definition) is 3. The SMILES string of the molecule is Cc1cc(C)c2nc(N3CCCC3)c(CC(C)N)cc2c1. The molecule has 0 aliphatic carbocycles. The number of aryl methyl sites for hydroxylation is 2. The van der Waals surface area contributed by atoms with Crippen LogP contribution in [0.2, 0.25) is 0 Å². The summed E-state index contributed by atoms with van der Waals surface area (Å²) in [5.74, 6) is 1.16. The Morgan fingerprint density at radius 3 is 2.57 bits per heavy atom. The van der Waals surface area contributed by atoms with E-state index in [2.05, 4.69) is 43.9 Å². The van der Waals surface area contributed by atoms with E-state index >= 15 is 0 Å². The molecule has 1 aromatic heterocycles. The molecule has 2 heterocycles. The van der Waals surface area contributed by atoms with E-state index < -0.39 is 0 Å². The van der Waals surface area contributed by atoms with E-state index in [-0.39, 0.29) is 6.04 Å². The van der Waals surface area contributed by atoms with E-state index in [4.69, 9.17) is 10.7 Å². The molecular formula is C18H25N3. The predicted octanol–water partition coefficient (Wildman–Crippen LogP) is 3.34. The summed E-state index contributed by atoms with van der Waals surface area (Å²) in [6.07, 6.45) is 3.43. The maximum Gasteiger partial charge on any atom is 0.132 e. The molecule has 3 nitrogen and oxygen atoms in total. The fourth-order valence-corrected chi connectivity index (χ4v) is 3.39. The third kappa shape index (κ3) is 2.88. The highest BCUT2D eigenvalue weighted by molar-refractivity contribution is 5.85. The molecule has 112 valence electrons. The third-order valence-electron chi connectivity index (χ3n) is 4.26. The Morgan fingerprint density at radius 1 is 1.19 bits per heavy atom. The van der Waals surface area contributed by atoms with Crippen molar-refractivity contribution in [1.82, 2.24) is 4.98 Å². The van der Waals surface area contributed by atoms with Gasteiger partial charge in [0.2, 0.25) is 0 Å². The van der Waals surface area contributed by atoms with Gasteiger partial charge in [0.15, 0.2) is 0 Å². The Balaban J connectivity index is 2.17. The Labute approximate surface area is 127 Å². The molecule has 0 amide bonds. The molecular weight excluding hydrogens is 258 g/mol. The Bertz CT molecular complexity index is 655. The van der Waals surface area contributed by atoms with Crippen LogP contribution in [-0.2, 0) is 6.42 Å². The first-order valence-corrected chi connectivity index (χ1v) is 7.96. The number of pyridine rings is 1. The maximum absolute atomic E-state index is 6.05. The first-order valence-electron chi connectivity index (χ1n) is 7.96. The van der Waals surface area contributed by atoms with Gasteiger partial charge in [0.05, 0.1) is 5.52 Å². The van der Waals surface area contributed by atoms with Crippen LogP contribution in [0.1, 0.15) is 36.5 Å². The minimum atomic E-state index is 0.163. The molecule has 3 rings (SSSR count). The van der Waals surface area contributed by atoms with Crippen LogP contribution >= 0.6 is 0 Å². The van der Waals surface area contributed by atoms with Crippen molar-refractivity contribution in [3.8, 4) is 0 Å². The van der Waals surface area contributed by atoms with Gasteiger partial charge in [-0.15, -0.1) is 0 Å². The van der Waals surface area contributed by atoms with Gasteiger partial charge in [-0.3, -0.25) is 0 Å². The fraction of sp³-hybridized carbons (Fsp3) is 0.500. The van der Waals surface area contributed by atoms with E-state index in [1.807, 2.05) is 0 Å². The molecule has 0 radical (unpaired) electrons. The van der Waals surface area contributed by atoms with Gasteiger partial charge in [0.25, 0.3) is 0 Å². The number of benzene rings is 1. The molecule has 3 heteroatoms. The third-order valence-corrected chi connectivity index (χ3v) is 4.26. The average Bonchev–Trinajstić information content (AvgIpc) is 2.90. The second kappa shape index (κ2) is 5.64. The monoisotopic (exact) mass is 283 g/mol. The van der Waals surface area contributed by atoms with Crippen LogP contribution in [0, 0.1) is 13.8 Å². The largest absolute Gasteiger partial charge is 0.356 e. The summed E-state index contributed by atoms with van der Waals surface area (Å²) in [6.45, 7) is 8.61. The van der Waals surface area contributed by atoms with E-state index in [0.717, 1.165) is 30.8 Å². The molecule has 1 fully saturated rings. The lowest BCUT2D eigenvalue weighted by atomic mass is 10.0. The van der Waals surface area contributed by atoms with Crippen LogP contribution in [0.15, 0.2) is 18.2 Å². The Hall–Kier alpha value is -1.61. The summed E-state index contributed by atoms with van der Waals surface area (Å²) in [5, 5.41) is 1.24. The van der Waals surface area contributed by atoms with Crippen molar-refractivity contribution in [2.45, 2.75) is 46.1 Å². The van der Waals surface area contributed by atoms with E-state index in [1.165, 1.54) is 34.9 Å². The number of hydrogen-bond donors (Lipinski definition) is 1. The Kier molecular flexibility index (Phi) is 3.85. The minimum absolute atomic E-state index is 0.163. The first kappa shape index (κ1) is 14.3. The lowest BCUT2D eigenvalue weighted by molar-refractivity contribution is 0.732. The van der Waals surface area contributed by atoms with Gasteiger partial charge < -0.3 is 10.6 Å². The van der Waals surface area contributed by atoms with Gasteiger partial charge in [0.1, 0.15) is 5.82 Å². The molecule has 0 saturated carbocycles. The van der Waals surface area contributed by atoms with Crippen molar-refractivity contribution in [2.75, 3.05) is 18.0 Å². The van der Waals surface area contributed by atoms with Gasteiger partial charge in [-0.25, -0.2) is 4.98 Å². The number of fused-ring (bicyclic) bond motifs is 1. The zero-order valence-electron chi connectivity index (χ0n) is 13.3. The molecule has 2 N–H and O–H groups in total. The molecule has 21 heavy (non-hydrogen) atoms. The second-order valence-electron chi connectivity index (χ2n) is 6.50. The zero-order valence-corrected chi connectivity index (χ0v) is 13.3. The van der Waals surface area contributed by atoms with Crippen LogP contribution in [0.5, 0.6) is 0 Å². The maximum atomic E-state index is 6.05. The quantitative estimate of drug-likeness (QED) is 0.939. The molecule has 1 aliphatic heterocycles.